The standard InChI is InChI=1S/C34H36ClN3O4/c1-3-42-34(41)32-24(2)38(31(39)21-30(32)27-13-15-29(35)16-14-27)23-26-9-11-28(12-10-26)33(40)37-19-17-36(18-20-37)22-25-7-5-4-6-8-25/h4-16,30H,3,17-23H2,1-2H3. The van der Waals surface area contributed by atoms with E-state index in [1.165, 1.54) is 5.56 Å². The summed E-state index contributed by atoms with van der Waals surface area (Å²) in [4.78, 5) is 45.5. The molecule has 0 spiro atoms. The fourth-order valence-corrected chi connectivity index (χ4v) is 5.85. The summed E-state index contributed by atoms with van der Waals surface area (Å²) < 4.78 is 5.39. The van der Waals surface area contributed by atoms with Crippen molar-refractivity contribution < 1.29 is 19.1 Å². The van der Waals surface area contributed by atoms with Crippen LogP contribution in [-0.4, -0.2) is 65.3 Å². The Morgan fingerprint density at radius 3 is 2.14 bits per heavy atom. The normalized spacial score (nSPS) is 17.9. The van der Waals surface area contributed by atoms with Gasteiger partial charge in [0, 0.05) is 61.3 Å². The van der Waals surface area contributed by atoms with E-state index in [4.69, 9.17) is 16.3 Å². The molecule has 1 unspecified atom stereocenters. The first kappa shape index (κ1) is 29.5. The number of rotatable bonds is 8. The molecule has 0 bridgehead atoms. The summed E-state index contributed by atoms with van der Waals surface area (Å²) in [5, 5.41) is 0.591. The zero-order valence-electron chi connectivity index (χ0n) is 24.1. The molecule has 218 valence electrons. The predicted octanol–water partition coefficient (Wildman–Crippen LogP) is 5.65. The molecule has 0 N–H and O–H groups in total. The largest absolute Gasteiger partial charge is 0.463 e. The third kappa shape index (κ3) is 6.75. The highest BCUT2D eigenvalue weighted by molar-refractivity contribution is 6.30. The summed E-state index contributed by atoms with van der Waals surface area (Å²) in [5.74, 6) is -0.883. The number of amides is 2. The summed E-state index contributed by atoms with van der Waals surface area (Å²) in [6.07, 6.45) is 0.153. The van der Waals surface area contributed by atoms with Gasteiger partial charge in [0.2, 0.25) is 5.91 Å². The van der Waals surface area contributed by atoms with Crippen molar-refractivity contribution in [2.24, 2.45) is 0 Å². The average Bonchev–Trinajstić information content (AvgIpc) is 3.00. The van der Waals surface area contributed by atoms with E-state index in [1.807, 2.05) is 47.4 Å². The van der Waals surface area contributed by atoms with Crippen molar-refractivity contribution in [2.45, 2.75) is 39.3 Å². The van der Waals surface area contributed by atoms with E-state index in [0.717, 1.165) is 30.8 Å². The van der Waals surface area contributed by atoms with E-state index >= 15 is 0 Å². The number of esters is 1. The number of carbonyl (C=O) groups is 3. The van der Waals surface area contributed by atoms with Crippen molar-refractivity contribution in [3.8, 4) is 0 Å². The molecule has 2 aliphatic rings. The summed E-state index contributed by atoms with van der Waals surface area (Å²) in [6, 6.07) is 25.0. The van der Waals surface area contributed by atoms with E-state index in [1.54, 1.807) is 30.9 Å². The Morgan fingerprint density at radius 2 is 1.50 bits per heavy atom. The average molecular weight is 586 g/mol. The molecule has 0 saturated carbocycles. The molecule has 1 fully saturated rings. The summed E-state index contributed by atoms with van der Waals surface area (Å²) in [5.41, 5.74) is 4.69. The topological polar surface area (TPSA) is 70.2 Å². The highest BCUT2D eigenvalue weighted by Gasteiger charge is 2.37. The van der Waals surface area contributed by atoms with E-state index in [0.29, 0.717) is 41.5 Å². The Kier molecular flexibility index (Phi) is 9.40. The fraction of sp³-hybridized carbons (Fsp3) is 0.324. The molecule has 8 heteroatoms. The van der Waals surface area contributed by atoms with Gasteiger partial charge in [0.1, 0.15) is 0 Å². The molecule has 2 heterocycles. The van der Waals surface area contributed by atoms with Crippen molar-refractivity contribution in [2.75, 3.05) is 32.8 Å². The molecule has 42 heavy (non-hydrogen) atoms. The smallest absolute Gasteiger partial charge is 0.336 e. The van der Waals surface area contributed by atoms with Gasteiger partial charge in [-0.3, -0.25) is 14.5 Å². The van der Waals surface area contributed by atoms with Gasteiger partial charge in [-0.05, 0) is 54.8 Å². The molecule has 0 radical (unpaired) electrons. The van der Waals surface area contributed by atoms with Gasteiger partial charge in [-0.2, -0.15) is 0 Å². The highest BCUT2D eigenvalue weighted by Crippen LogP contribution is 2.38. The van der Waals surface area contributed by atoms with Crippen molar-refractivity contribution in [1.82, 2.24) is 14.7 Å². The van der Waals surface area contributed by atoms with E-state index < -0.39 is 11.9 Å². The van der Waals surface area contributed by atoms with Crippen LogP contribution in [0.15, 0.2) is 90.1 Å². The van der Waals surface area contributed by atoms with Crippen LogP contribution in [-0.2, 0) is 27.4 Å². The van der Waals surface area contributed by atoms with Crippen LogP contribution in [0.5, 0.6) is 0 Å². The fourth-order valence-electron chi connectivity index (χ4n) is 5.73. The Balaban J connectivity index is 1.26. The zero-order chi connectivity index (χ0) is 29.6. The van der Waals surface area contributed by atoms with E-state index in [2.05, 4.69) is 29.2 Å². The van der Waals surface area contributed by atoms with Crippen molar-refractivity contribution >= 4 is 29.4 Å². The number of carbonyl (C=O) groups excluding carboxylic acids is 3. The quantitative estimate of drug-likeness (QED) is 0.320. The summed E-state index contributed by atoms with van der Waals surface area (Å²) >= 11 is 6.07. The van der Waals surface area contributed by atoms with Crippen LogP contribution in [0.1, 0.15) is 53.2 Å². The van der Waals surface area contributed by atoms with Gasteiger partial charge in [0.25, 0.3) is 5.91 Å². The maximum Gasteiger partial charge on any atom is 0.336 e. The molecule has 0 aliphatic carbocycles. The van der Waals surface area contributed by atoms with Crippen LogP contribution in [0, 0.1) is 0 Å². The number of nitrogens with zero attached hydrogens (tertiary/aromatic N) is 3. The maximum atomic E-state index is 13.4. The predicted molar refractivity (Wildman–Crippen MR) is 163 cm³/mol. The Labute approximate surface area is 252 Å². The molecule has 2 aliphatic heterocycles. The molecule has 5 rings (SSSR count). The number of hydrogen-bond donors (Lipinski definition) is 0. The minimum Gasteiger partial charge on any atom is -0.463 e. The van der Waals surface area contributed by atoms with Gasteiger partial charge in [0.15, 0.2) is 0 Å². The van der Waals surface area contributed by atoms with Crippen LogP contribution in [0.2, 0.25) is 5.02 Å². The van der Waals surface area contributed by atoms with Crippen LogP contribution in [0.3, 0.4) is 0 Å². The molecule has 0 aromatic heterocycles. The number of allylic oxidation sites excluding steroid dienone is 1. The molecule has 2 amide bonds. The van der Waals surface area contributed by atoms with E-state index in [9.17, 15) is 14.4 Å². The van der Waals surface area contributed by atoms with E-state index in [-0.39, 0.29) is 24.8 Å². The molecular formula is C34H36ClN3O4. The second-order valence-corrected chi connectivity index (χ2v) is 11.2. The number of hydrogen-bond acceptors (Lipinski definition) is 5. The molecule has 1 atom stereocenters. The van der Waals surface area contributed by atoms with Gasteiger partial charge >= 0.3 is 5.97 Å². The third-order valence-corrected chi connectivity index (χ3v) is 8.29. The number of piperazine rings is 1. The second kappa shape index (κ2) is 13.4. The van der Waals surface area contributed by atoms with Gasteiger partial charge in [-0.1, -0.05) is 66.2 Å². The van der Waals surface area contributed by atoms with Crippen LogP contribution in [0.4, 0.5) is 0 Å². The zero-order valence-corrected chi connectivity index (χ0v) is 24.8. The minimum absolute atomic E-state index is 0.0152. The summed E-state index contributed by atoms with van der Waals surface area (Å²) in [6.45, 7) is 8.03. The lowest BCUT2D eigenvalue weighted by Crippen LogP contribution is -2.48. The molecule has 3 aromatic carbocycles. The Bertz CT molecular complexity index is 1450. The van der Waals surface area contributed by atoms with Crippen LogP contribution in [0.25, 0.3) is 0 Å². The third-order valence-electron chi connectivity index (χ3n) is 8.04. The Morgan fingerprint density at radius 1 is 0.857 bits per heavy atom. The number of benzene rings is 3. The van der Waals surface area contributed by atoms with Crippen molar-refractivity contribution in [3.05, 3.63) is 117 Å². The first-order chi connectivity index (χ1) is 20.3. The second-order valence-electron chi connectivity index (χ2n) is 10.8. The van der Waals surface area contributed by atoms with Crippen molar-refractivity contribution in [1.29, 1.82) is 0 Å². The molecule has 3 aromatic rings. The SMILES string of the molecule is CCOC(=O)C1=C(C)N(Cc2ccc(C(=O)N3CCN(Cc4ccccc4)CC3)cc2)C(=O)CC1c1ccc(Cl)cc1. The first-order valence-electron chi connectivity index (χ1n) is 14.4. The van der Waals surface area contributed by atoms with Gasteiger partial charge < -0.3 is 14.5 Å². The minimum atomic E-state index is -0.419. The van der Waals surface area contributed by atoms with Gasteiger partial charge in [-0.15, -0.1) is 0 Å². The summed E-state index contributed by atoms with van der Waals surface area (Å²) in [7, 11) is 0. The lowest BCUT2D eigenvalue weighted by Gasteiger charge is -2.35. The Hall–Kier alpha value is -3.94. The number of halogens is 1. The van der Waals surface area contributed by atoms with Gasteiger partial charge in [0.05, 0.1) is 18.7 Å². The molecular weight excluding hydrogens is 550 g/mol. The molecule has 1 saturated heterocycles. The molecule has 7 nitrogen and oxygen atoms in total. The lowest BCUT2D eigenvalue weighted by molar-refractivity contribution is -0.140. The van der Waals surface area contributed by atoms with Crippen molar-refractivity contribution in [3.63, 3.8) is 0 Å². The lowest BCUT2D eigenvalue weighted by atomic mass is 9.83. The van der Waals surface area contributed by atoms with Crippen LogP contribution < -0.4 is 0 Å². The van der Waals surface area contributed by atoms with Crippen LogP contribution >= 0.6 is 11.6 Å². The monoisotopic (exact) mass is 585 g/mol. The number of ether oxygens (including phenoxy) is 1. The first-order valence-corrected chi connectivity index (χ1v) is 14.8. The van der Waals surface area contributed by atoms with Gasteiger partial charge in [-0.25, -0.2) is 4.79 Å². The highest BCUT2D eigenvalue weighted by atomic mass is 35.5. The maximum absolute atomic E-state index is 13.4.